The molecule has 4 rings (SSSR count). The second kappa shape index (κ2) is 7.70. The Labute approximate surface area is 169 Å². The van der Waals surface area contributed by atoms with E-state index in [-0.39, 0.29) is 24.0 Å². The number of carbonyl (C=O) groups excluding carboxylic acids is 2. The highest BCUT2D eigenvalue weighted by atomic mass is 19.1. The summed E-state index contributed by atoms with van der Waals surface area (Å²) >= 11 is 0. The van der Waals surface area contributed by atoms with Gasteiger partial charge < -0.3 is 10.2 Å². The molecular formula is C23H24FN3O2. The number of halogens is 1. The van der Waals surface area contributed by atoms with Crippen LogP contribution in [0.25, 0.3) is 6.08 Å². The van der Waals surface area contributed by atoms with E-state index in [9.17, 15) is 14.0 Å². The predicted molar refractivity (Wildman–Crippen MR) is 111 cm³/mol. The first-order chi connectivity index (χ1) is 13.9. The minimum Gasteiger partial charge on any atom is -0.371 e. The maximum absolute atomic E-state index is 13.1. The molecule has 2 aliphatic rings. The van der Waals surface area contributed by atoms with Gasteiger partial charge in [-0.25, -0.2) is 9.18 Å². The van der Waals surface area contributed by atoms with E-state index in [0.717, 1.165) is 29.1 Å². The fourth-order valence-corrected chi connectivity index (χ4v) is 3.93. The predicted octanol–water partition coefficient (Wildman–Crippen LogP) is 4.14. The van der Waals surface area contributed by atoms with Gasteiger partial charge in [-0.3, -0.25) is 9.69 Å². The van der Waals surface area contributed by atoms with Gasteiger partial charge in [0.05, 0.1) is 6.54 Å². The van der Waals surface area contributed by atoms with E-state index >= 15 is 0 Å². The average molecular weight is 393 g/mol. The Morgan fingerprint density at radius 1 is 1.00 bits per heavy atom. The van der Waals surface area contributed by atoms with Crippen molar-refractivity contribution in [2.24, 2.45) is 0 Å². The Kier molecular flexibility index (Phi) is 5.09. The fourth-order valence-electron chi connectivity index (χ4n) is 3.93. The van der Waals surface area contributed by atoms with Crippen LogP contribution in [0.5, 0.6) is 0 Å². The third kappa shape index (κ3) is 3.75. The number of imide groups is 1. The van der Waals surface area contributed by atoms with Crippen molar-refractivity contribution in [3.63, 3.8) is 0 Å². The van der Waals surface area contributed by atoms with E-state index in [1.165, 1.54) is 36.2 Å². The molecule has 0 aromatic heterocycles. The van der Waals surface area contributed by atoms with Gasteiger partial charge in [0.15, 0.2) is 0 Å². The van der Waals surface area contributed by atoms with Gasteiger partial charge in [0.25, 0.3) is 5.91 Å². The maximum atomic E-state index is 13.1. The highest BCUT2D eigenvalue weighted by molar-refractivity contribution is 6.14. The van der Waals surface area contributed by atoms with Crippen molar-refractivity contribution < 1.29 is 14.0 Å². The van der Waals surface area contributed by atoms with Crippen molar-refractivity contribution in [1.82, 2.24) is 10.2 Å². The minimum absolute atomic E-state index is 0.105. The van der Waals surface area contributed by atoms with Gasteiger partial charge in [-0.1, -0.05) is 18.2 Å². The Morgan fingerprint density at radius 3 is 2.38 bits per heavy atom. The van der Waals surface area contributed by atoms with Gasteiger partial charge in [-0.05, 0) is 73.2 Å². The topological polar surface area (TPSA) is 52.7 Å². The smallest absolute Gasteiger partial charge is 0.329 e. The van der Waals surface area contributed by atoms with Crippen molar-refractivity contribution >= 4 is 23.7 Å². The molecule has 0 aliphatic carbocycles. The van der Waals surface area contributed by atoms with Gasteiger partial charge in [0.1, 0.15) is 11.5 Å². The minimum atomic E-state index is -0.464. The van der Waals surface area contributed by atoms with Crippen LogP contribution in [0.1, 0.15) is 35.1 Å². The Hall–Kier alpha value is -3.15. The number of amides is 3. The Balaban J connectivity index is 1.56. The van der Waals surface area contributed by atoms with Crippen molar-refractivity contribution in [2.45, 2.75) is 33.2 Å². The molecule has 2 aromatic carbocycles. The van der Waals surface area contributed by atoms with E-state index < -0.39 is 6.03 Å². The van der Waals surface area contributed by atoms with Gasteiger partial charge >= 0.3 is 6.03 Å². The summed E-state index contributed by atoms with van der Waals surface area (Å²) in [6.07, 6.45) is 4.17. The lowest BCUT2D eigenvalue weighted by Crippen LogP contribution is -2.30. The number of hydrogen-bond donors (Lipinski definition) is 1. The summed E-state index contributed by atoms with van der Waals surface area (Å²) in [5, 5.41) is 2.66. The highest BCUT2D eigenvalue weighted by Gasteiger charge is 2.33. The van der Waals surface area contributed by atoms with Crippen LogP contribution in [0, 0.1) is 19.7 Å². The highest BCUT2D eigenvalue weighted by Crippen LogP contribution is 2.29. The molecule has 3 amide bonds. The second-order valence-electron chi connectivity index (χ2n) is 7.62. The molecule has 2 heterocycles. The second-order valence-corrected chi connectivity index (χ2v) is 7.62. The van der Waals surface area contributed by atoms with Crippen LogP contribution in [-0.4, -0.2) is 29.9 Å². The zero-order valence-corrected chi connectivity index (χ0v) is 16.7. The number of hydrogen-bond acceptors (Lipinski definition) is 3. The van der Waals surface area contributed by atoms with E-state index in [0.29, 0.717) is 5.56 Å². The molecule has 2 saturated heterocycles. The molecule has 1 N–H and O–H groups in total. The lowest BCUT2D eigenvalue weighted by atomic mass is 10.00. The average Bonchev–Trinajstić information content (AvgIpc) is 3.32. The summed E-state index contributed by atoms with van der Waals surface area (Å²) in [6.45, 7) is 6.40. The standard InChI is InChI=1S/C23H24FN3O2/c1-15-16(2)21(26-11-3-4-12-26)10-7-18(15)13-20-22(28)27(23(29)25-20)14-17-5-8-19(24)9-6-17/h5-10,13H,3-4,11-12,14H2,1-2H3,(H,25,29). The van der Waals surface area contributed by atoms with Crippen LogP contribution in [0.3, 0.4) is 0 Å². The quantitative estimate of drug-likeness (QED) is 0.628. The van der Waals surface area contributed by atoms with Crippen LogP contribution in [-0.2, 0) is 11.3 Å². The van der Waals surface area contributed by atoms with E-state index in [4.69, 9.17) is 0 Å². The fraction of sp³-hybridized carbons (Fsp3) is 0.304. The van der Waals surface area contributed by atoms with Crippen molar-refractivity contribution in [3.8, 4) is 0 Å². The normalized spacial score (nSPS) is 18.1. The third-order valence-corrected chi connectivity index (χ3v) is 5.76. The first-order valence-electron chi connectivity index (χ1n) is 9.88. The van der Waals surface area contributed by atoms with Crippen molar-refractivity contribution in [3.05, 3.63) is 70.2 Å². The number of urea groups is 1. The molecule has 2 aliphatic heterocycles. The van der Waals surface area contributed by atoms with Crippen LogP contribution in [0.4, 0.5) is 14.9 Å². The summed E-state index contributed by atoms with van der Waals surface area (Å²) in [4.78, 5) is 28.6. The van der Waals surface area contributed by atoms with Gasteiger partial charge in [-0.15, -0.1) is 0 Å². The summed E-state index contributed by atoms with van der Waals surface area (Å²) in [7, 11) is 0. The van der Waals surface area contributed by atoms with Gasteiger partial charge in [0, 0.05) is 18.8 Å². The number of nitrogens with one attached hydrogen (secondary N) is 1. The molecule has 5 nitrogen and oxygen atoms in total. The summed E-state index contributed by atoms with van der Waals surface area (Å²) in [5.41, 5.74) is 5.40. The molecule has 0 unspecified atom stereocenters. The first kappa shape index (κ1) is 19.2. The van der Waals surface area contributed by atoms with Crippen molar-refractivity contribution in [1.29, 1.82) is 0 Å². The first-order valence-corrected chi connectivity index (χ1v) is 9.88. The number of carbonyl (C=O) groups is 2. The molecule has 0 radical (unpaired) electrons. The summed E-state index contributed by atoms with van der Waals surface area (Å²) < 4.78 is 13.1. The van der Waals surface area contributed by atoms with Gasteiger partial charge in [0.2, 0.25) is 0 Å². The molecule has 6 heteroatoms. The zero-order valence-electron chi connectivity index (χ0n) is 16.7. The van der Waals surface area contributed by atoms with E-state index in [2.05, 4.69) is 23.2 Å². The molecule has 0 spiro atoms. The van der Waals surface area contributed by atoms with Crippen LogP contribution < -0.4 is 10.2 Å². The zero-order chi connectivity index (χ0) is 20.5. The van der Waals surface area contributed by atoms with Crippen molar-refractivity contribution in [2.75, 3.05) is 18.0 Å². The lowest BCUT2D eigenvalue weighted by molar-refractivity contribution is -0.123. The molecule has 29 heavy (non-hydrogen) atoms. The largest absolute Gasteiger partial charge is 0.371 e. The molecule has 2 aromatic rings. The number of benzene rings is 2. The molecule has 2 fully saturated rings. The van der Waals surface area contributed by atoms with Crippen LogP contribution in [0.15, 0.2) is 42.1 Å². The van der Waals surface area contributed by atoms with E-state index in [1.54, 1.807) is 18.2 Å². The van der Waals surface area contributed by atoms with Gasteiger partial charge in [-0.2, -0.15) is 0 Å². The number of nitrogens with zero attached hydrogens (tertiary/aromatic N) is 2. The third-order valence-electron chi connectivity index (χ3n) is 5.76. The SMILES string of the molecule is Cc1c(C=C2NC(=O)N(Cc3ccc(F)cc3)C2=O)ccc(N2CCCC2)c1C. The molecule has 0 saturated carbocycles. The summed E-state index contributed by atoms with van der Waals surface area (Å²) in [5.74, 6) is -0.727. The Morgan fingerprint density at radius 2 is 1.69 bits per heavy atom. The molecule has 0 bridgehead atoms. The maximum Gasteiger partial charge on any atom is 0.329 e. The molecule has 0 atom stereocenters. The number of anilines is 1. The number of rotatable bonds is 4. The Bertz CT molecular complexity index is 992. The monoisotopic (exact) mass is 393 g/mol. The van der Waals surface area contributed by atoms with Crippen LogP contribution >= 0.6 is 0 Å². The molecule has 150 valence electrons. The molecular weight excluding hydrogens is 369 g/mol. The summed E-state index contributed by atoms with van der Waals surface area (Å²) in [6, 6.07) is 9.41. The lowest BCUT2D eigenvalue weighted by Gasteiger charge is -2.22. The van der Waals surface area contributed by atoms with E-state index in [1.807, 2.05) is 13.0 Å². The van der Waals surface area contributed by atoms with Crippen LogP contribution in [0.2, 0.25) is 0 Å².